The van der Waals surface area contributed by atoms with Crippen molar-refractivity contribution in [3.05, 3.63) is 18.5 Å². The molecule has 3 rings (SSSR count). The largest absolute Gasteiger partial charge is 0.481 e. The first-order chi connectivity index (χ1) is 10.4. The Kier molecular flexibility index (Phi) is 3.50. The fourth-order valence-electron chi connectivity index (χ4n) is 3.34. The van der Waals surface area contributed by atoms with Gasteiger partial charge in [-0.2, -0.15) is 0 Å². The van der Waals surface area contributed by atoms with Gasteiger partial charge in [-0.3, -0.25) is 9.59 Å². The van der Waals surface area contributed by atoms with Crippen LogP contribution in [0.1, 0.15) is 13.8 Å². The van der Waals surface area contributed by atoms with E-state index in [1.54, 1.807) is 23.4 Å². The number of carboxylic acid groups (broad SMARTS) is 1. The first kappa shape index (κ1) is 14.7. The number of hydrogen-bond acceptors (Lipinski definition) is 5. The Balaban J connectivity index is 1.60. The van der Waals surface area contributed by atoms with Crippen LogP contribution in [0.3, 0.4) is 0 Å². The molecule has 2 unspecified atom stereocenters. The molecular formula is C15H20N4O3. The van der Waals surface area contributed by atoms with E-state index in [0.717, 1.165) is 0 Å². The average molecular weight is 304 g/mol. The van der Waals surface area contributed by atoms with Gasteiger partial charge in [0, 0.05) is 38.6 Å². The van der Waals surface area contributed by atoms with Crippen LogP contribution in [0.2, 0.25) is 0 Å². The first-order valence-electron chi connectivity index (χ1n) is 7.46. The predicted molar refractivity (Wildman–Crippen MR) is 79.2 cm³/mol. The molecule has 0 aromatic carbocycles. The molecule has 1 amide bonds. The summed E-state index contributed by atoms with van der Waals surface area (Å²) in [6.45, 7) is 6.19. The van der Waals surface area contributed by atoms with Crippen molar-refractivity contribution in [3.63, 3.8) is 0 Å². The Labute approximate surface area is 129 Å². The lowest BCUT2D eigenvalue weighted by Crippen LogP contribution is -2.50. The number of hydrogen-bond donors (Lipinski definition) is 1. The molecule has 0 bridgehead atoms. The van der Waals surface area contributed by atoms with E-state index in [1.807, 2.05) is 18.7 Å². The number of anilines is 1. The fraction of sp³-hybridized carbons (Fsp3) is 0.600. The standard InChI is InChI=1S/C15H20N4O3/c1-15(2)10(11(15)13(21)22)12(20)18-6-8-19(9-7-18)14-16-4-3-5-17-14/h3-5,10-11H,6-9H2,1-2H3,(H,21,22). The summed E-state index contributed by atoms with van der Waals surface area (Å²) < 4.78 is 0. The maximum absolute atomic E-state index is 12.5. The highest BCUT2D eigenvalue weighted by molar-refractivity contribution is 5.91. The van der Waals surface area contributed by atoms with Gasteiger partial charge < -0.3 is 14.9 Å². The second kappa shape index (κ2) is 5.23. The highest BCUT2D eigenvalue weighted by Gasteiger charge is 2.66. The minimum Gasteiger partial charge on any atom is -0.481 e. The van der Waals surface area contributed by atoms with Crippen molar-refractivity contribution >= 4 is 17.8 Å². The topological polar surface area (TPSA) is 86.6 Å². The number of piperazine rings is 1. The summed E-state index contributed by atoms with van der Waals surface area (Å²) in [7, 11) is 0. The molecule has 7 nitrogen and oxygen atoms in total. The summed E-state index contributed by atoms with van der Waals surface area (Å²) in [5.74, 6) is -1.20. The SMILES string of the molecule is CC1(C)C(C(=O)O)C1C(=O)N1CCN(c2ncccn2)CC1. The third-order valence-corrected chi connectivity index (χ3v) is 4.79. The Bertz CT molecular complexity index is 582. The van der Waals surface area contributed by atoms with Crippen LogP contribution in [0, 0.1) is 17.3 Å². The van der Waals surface area contributed by atoms with Gasteiger partial charge in [-0.05, 0) is 11.5 Å². The van der Waals surface area contributed by atoms with Crippen molar-refractivity contribution in [2.24, 2.45) is 17.3 Å². The molecule has 2 heterocycles. The smallest absolute Gasteiger partial charge is 0.307 e. The number of aliphatic carboxylic acids is 1. The van der Waals surface area contributed by atoms with E-state index in [9.17, 15) is 14.7 Å². The summed E-state index contributed by atoms with van der Waals surface area (Å²) >= 11 is 0. The Morgan fingerprint density at radius 1 is 1.14 bits per heavy atom. The van der Waals surface area contributed by atoms with Crippen molar-refractivity contribution < 1.29 is 14.7 Å². The predicted octanol–water partition coefficient (Wildman–Crippen LogP) is 0.482. The second-order valence-corrected chi connectivity index (χ2v) is 6.48. The molecular weight excluding hydrogens is 284 g/mol. The van der Waals surface area contributed by atoms with Gasteiger partial charge in [0.2, 0.25) is 11.9 Å². The maximum atomic E-state index is 12.5. The fourth-order valence-corrected chi connectivity index (χ4v) is 3.34. The van der Waals surface area contributed by atoms with Crippen LogP contribution in [0.25, 0.3) is 0 Å². The number of carbonyl (C=O) groups excluding carboxylic acids is 1. The molecule has 1 saturated heterocycles. The Hall–Kier alpha value is -2.18. The lowest BCUT2D eigenvalue weighted by atomic mass is 10.1. The lowest BCUT2D eigenvalue weighted by molar-refractivity contribution is -0.142. The van der Waals surface area contributed by atoms with Crippen molar-refractivity contribution in [3.8, 4) is 0 Å². The molecule has 7 heteroatoms. The molecule has 0 spiro atoms. The lowest BCUT2D eigenvalue weighted by Gasteiger charge is -2.35. The summed E-state index contributed by atoms with van der Waals surface area (Å²) in [6.07, 6.45) is 3.40. The van der Waals surface area contributed by atoms with Crippen molar-refractivity contribution in [1.29, 1.82) is 0 Å². The number of carboxylic acids is 1. The van der Waals surface area contributed by atoms with Crippen LogP contribution in [-0.2, 0) is 9.59 Å². The third kappa shape index (κ3) is 2.40. The van der Waals surface area contributed by atoms with E-state index >= 15 is 0 Å². The van der Waals surface area contributed by atoms with Crippen molar-refractivity contribution in [1.82, 2.24) is 14.9 Å². The first-order valence-corrected chi connectivity index (χ1v) is 7.46. The maximum Gasteiger partial charge on any atom is 0.307 e. The summed E-state index contributed by atoms with van der Waals surface area (Å²) in [6, 6.07) is 1.77. The normalized spacial score (nSPS) is 26.6. The molecule has 0 radical (unpaired) electrons. The van der Waals surface area contributed by atoms with E-state index in [1.165, 1.54) is 0 Å². The van der Waals surface area contributed by atoms with Gasteiger partial charge in [-0.15, -0.1) is 0 Å². The van der Waals surface area contributed by atoms with Gasteiger partial charge in [-0.1, -0.05) is 13.8 Å². The zero-order valence-electron chi connectivity index (χ0n) is 12.8. The molecule has 1 aromatic heterocycles. The highest BCUT2D eigenvalue weighted by Crippen LogP contribution is 2.59. The van der Waals surface area contributed by atoms with Gasteiger partial charge in [0.05, 0.1) is 11.8 Å². The van der Waals surface area contributed by atoms with Crippen molar-refractivity contribution in [2.75, 3.05) is 31.1 Å². The molecule has 22 heavy (non-hydrogen) atoms. The number of amides is 1. The van der Waals surface area contributed by atoms with E-state index in [0.29, 0.717) is 32.1 Å². The number of nitrogens with zero attached hydrogens (tertiary/aromatic N) is 4. The molecule has 1 saturated carbocycles. The number of aromatic nitrogens is 2. The quantitative estimate of drug-likeness (QED) is 0.874. The zero-order valence-corrected chi connectivity index (χ0v) is 12.8. The van der Waals surface area contributed by atoms with E-state index in [4.69, 9.17) is 0 Å². The van der Waals surface area contributed by atoms with E-state index in [-0.39, 0.29) is 5.91 Å². The average Bonchev–Trinajstić information content (AvgIpc) is 3.10. The zero-order chi connectivity index (χ0) is 15.9. The summed E-state index contributed by atoms with van der Waals surface area (Å²) in [5.41, 5.74) is -0.442. The molecule has 1 aromatic rings. The Morgan fingerprint density at radius 3 is 2.23 bits per heavy atom. The van der Waals surface area contributed by atoms with Crippen LogP contribution < -0.4 is 4.90 Å². The second-order valence-electron chi connectivity index (χ2n) is 6.48. The minimum absolute atomic E-state index is 0.0361. The van der Waals surface area contributed by atoms with Gasteiger partial charge >= 0.3 is 5.97 Å². The van der Waals surface area contributed by atoms with E-state index < -0.39 is 23.2 Å². The molecule has 2 aliphatic rings. The molecule has 2 fully saturated rings. The number of carbonyl (C=O) groups is 2. The molecule has 1 N–H and O–H groups in total. The van der Waals surface area contributed by atoms with Crippen molar-refractivity contribution in [2.45, 2.75) is 13.8 Å². The number of rotatable bonds is 3. The minimum atomic E-state index is -0.875. The van der Waals surface area contributed by atoms with Crippen LogP contribution >= 0.6 is 0 Å². The summed E-state index contributed by atoms with van der Waals surface area (Å²) in [4.78, 5) is 36.0. The van der Waals surface area contributed by atoms with E-state index in [2.05, 4.69) is 9.97 Å². The van der Waals surface area contributed by atoms with Crippen LogP contribution in [-0.4, -0.2) is 58.0 Å². The molecule has 1 aliphatic carbocycles. The van der Waals surface area contributed by atoms with Crippen LogP contribution in [0.15, 0.2) is 18.5 Å². The van der Waals surface area contributed by atoms with Gasteiger partial charge in [0.25, 0.3) is 0 Å². The van der Waals surface area contributed by atoms with Gasteiger partial charge in [0.1, 0.15) is 0 Å². The van der Waals surface area contributed by atoms with Crippen LogP contribution in [0.4, 0.5) is 5.95 Å². The van der Waals surface area contributed by atoms with Crippen LogP contribution in [0.5, 0.6) is 0 Å². The molecule has 1 aliphatic heterocycles. The molecule has 2 atom stereocenters. The van der Waals surface area contributed by atoms with Gasteiger partial charge in [0.15, 0.2) is 0 Å². The Morgan fingerprint density at radius 2 is 1.73 bits per heavy atom. The molecule has 118 valence electrons. The monoisotopic (exact) mass is 304 g/mol. The van der Waals surface area contributed by atoms with Gasteiger partial charge in [-0.25, -0.2) is 9.97 Å². The highest BCUT2D eigenvalue weighted by atomic mass is 16.4. The third-order valence-electron chi connectivity index (χ3n) is 4.79. The summed E-state index contributed by atoms with van der Waals surface area (Å²) in [5, 5.41) is 9.20.